The van der Waals surface area contributed by atoms with E-state index in [0.29, 0.717) is 21.8 Å². The Balaban J connectivity index is 2.55. The first-order valence-electron chi connectivity index (χ1n) is 5.66. The minimum Gasteiger partial charge on any atom is -0.397 e. The van der Waals surface area contributed by atoms with Crippen LogP contribution >= 0.6 is 11.6 Å². The van der Waals surface area contributed by atoms with Crippen molar-refractivity contribution in [3.8, 4) is 0 Å². The first-order valence-corrected chi connectivity index (χ1v) is 6.04. The van der Waals surface area contributed by atoms with Crippen molar-refractivity contribution in [2.75, 3.05) is 5.73 Å². The number of halogens is 1. The van der Waals surface area contributed by atoms with Crippen LogP contribution in [0.25, 0.3) is 0 Å². The number of nitrogen functional groups attached to an aromatic ring is 1. The summed E-state index contributed by atoms with van der Waals surface area (Å²) in [6, 6.07) is 10.9. The third kappa shape index (κ3) is 2.24. The van der Waals surface area contributed by atoms with E-state index in [2.05, 4.69) is 0 Å². The maximum atomic E-state index is 12.5. The molecule has 0 aliphatic heterocycles. The average Bonchev–Trinajstić information content (AvgIpc) is 2.35. The van der Waals surface area contributed by atoms with E-state index in [0.717, 1.165) is 11.1 Å². The van der Waals surface area contributed by atoms with Crippen LogP contribution in [0.5, 0.6) is 0 Å². The Kier molecular flexibility index (Phi) is 3.39. The van der Waals surface area contributed by atoms with Gasteiger partial charge in [-0.15, -0.1) is 0 Å². The van der Waals surface area contributed by atoms with E-state index in [1.54, 1.807) is 18.2 Å². The summed E-state index contributed by atoms with van der Waals surface area (Å²) >= 11 is 5.94. The van der Waals surface area contributed by atoms with Gasteiger partial charge >= 0.3 is 0 Å². The first kappa shape index (κ1) is 12.7. The highest BCUT2D eigenvalue weighted by atomic mass is 35.5. The fourth-order valence-electron chi connectivity index (χ4n) is 1.86. The van der Waals surface area contributed by atoms with Crippen LogP contribution in [0.2, 0.25) is 5.02 Å². The lowest BCUT2D eigenvalue weighted by Crippen LogP contribution is -2.07. The van der Waals surface area contributed by atoms with E-state index < -0.39 is 0 Å². The predicted octanol–water partition coefficient (Wildman–Crippen LogP) is 3.77. The van der Waals surface area contributed by atoms with E-state index in [1.807, 2.05) is 32.0 Å². The fraction of sp³-hybridized carbons (Fsp3) is 0.133. The van der Waals surface area contributed by atoms with Gasteiger partial charge in [-0.3, -0.25) is 4.79 Å². The van der Waals surface area contributed by atoms with E-state index in [1.165, 1.54) is 0 Å². The highest BCUT2D eigenvalue weighted by Gasteiger charge is 2.15. The highest BCUT2D eigenvalue weighted by Crippen LogP contribution is 2.25. The largest absolute Gasteiger partial charge is 0.397 e. The van der Waals surface area contributed by atoms with Crippen molar-refractivity contribution < 1.29 is 4.79 Å². The molecule has 0 amide bonds. The van der Waals surface area contributed by atoms with Gasteiger partial charge in [-0.2, -0.15) is 0 Å². The summed E-state index contributed by atoms with van der Waals surface area (Å²) in [7, 11) is 0. The zero-order valence-electron chi connectivity index (χ0n) is 10.3. The van der Waals surface area contributed by atoms with Gasteiger partial charge in [0.15, 0.2) is 5.78 Å². The van der Waals surface area contributed by atoms with Gasteiger partial charge in [0.05, 0.1) is 10.7 Å². The molecule has 2 aromatic carbocycles. The molecule has 0 aliphatic rings. The Morgan fingerprint density at radius 3 is 2.56 bits per heavy atom. The van der Waals surface area contributed by atoms with Gasteiger partial charge in [0.2, 0.25) is 0 Å². The standard InChI is InChI=1S/C15H14ClNO/c1-9-6-7-10(2)12(8-9)15(18)11-4-3-5-13(16)14(11)17/h3-8H,17H2,1-2H3. The lowest BCUT2D eigenvalue weighted by Gasteiger charge is -2.09. The lowest BCUT2D eigenvalue weighted by molar-refractivity contribution is 0.103. The van der Waals surface area contributed by atoms with Crippen LogP contribution in [-0.2, 0) is 0 Å². The second-order valence-corrected chi connectivity index (χ2v) is 4.76. The molecule has 2 rings (SSSR count). The second-order valence-electron chi connectivity index (χ2n) is 4.35. The molecule has 3 heteroatoms. The number of ketones is 1. The molecule has 0 radical (unpaired) electrons. The maximum absolute atomic E-state index is 12.5. The molecule has 0 aromatic heterocycles. The van der Waals surface area contributed by atoms with Gasteiger partial charge in [0.1, 0.15) is 0 Å². The molecule has 2 nitrogen and oxygen atoms in total. The number of hydrogen-bond donors (Lipinski definition) is 1. The molecule has 0 unspecified atom stereocenters. The van der Waals surface area contributed by atoms with E-state index >= 15 is 0 Å². The molecule has 0 spiro atoms. The molecule has 18 heavy (non-hydrogen) atoms. The first-order chi connectivity index (χ1) is 8.50. The Labute approximate surface area is 111 Å². The molecule has 0 aliphatic carbocycles. The van der Waals surface area contributed by atoms with Crippen LogP contribution in [0.15, 0.2) is 36.4 Å². The molecule has 0 bridgehead atoms. The Morgan fingerprint density at radius 2 is 1.83 bits per heavy atom. The van der Waals surface area contributed by atoms with Gasteiger partial charge in [0.25, 0.3) is 0 Å². The molecule has 92 valence electrons. The number of benzene rings is 2. The molecule has 0 fully saturated rings. The van der Waals surface area contributed by atoms with E-state index in [-0.39, 0.29) is 5.78 Å². The number of rotatable bonds is 2. The Hall–Kier alpha value is -1.80. The molecule has 0 saturated heterocycles. The number of carbonyl (C=O) groups is 1. The number of nitrogens with two attached hydrogens (primary N) is 1. The molecule has 0 heterocycles. The number of anilines is 1. The van der Waals surface area contributed by atoms with E-state index in [4.69, 9.17) is 17.3 Å². The van der Waals surface area contributed by atoms with Crippen LogP contribution in [0, 0.1) is 13.8 Å². The predicted molar refractivity (Wildman–Crippen MR) is 75.2 cm³/mol. The maximum Gasteiger partial charge on any atom is 0.195 e. The smallest absolute Gasteiger partial charge is 0.195 e. The van der Waals surface area contributed by atoms with Crippen LogP contribution in [0.4, 0.5) is 5.69 Å². The van der Waals surface area contributed by atoms with Gasteiger partial charge in [-0.1, -0.05) is 35.4 Å². The summed E-state index contributed by atoms with van der Waals surface area (Å²) < 4.78 is 0. The van der Waals surface area contributed by atoms with Gasteiger partial charge in [-0.05, 0) is 37.6 Å². The normalized spacial score (nSPS) is 10.4. The minimum atomic E-state index is -0.0869. The monoisotopic (exact) mass is 259 g/mol. The van der Waals surface area contributed by atoms with Crippen molar-refractivity contribution in [2.24, 2.45) is 0 Å². The van der Waals surface area contributed by atoms with Crippen LogP contribution in [0.3, 0.4) is 0 Å². The van der Waals surface area contributed by atoms with Crippen molar-refractivity contribution >= 4 is 23.1 Å². The molecule has 0 atom stereocenters. The molecule has 0 saturated carbocycles. The van der Waals surface area contributed by atoms with Crippen LogP contribution in [-0.4, -0.2) is 5.78 Å². The summed E-state index contributed by atoms with van der Waals surface area (Å²) in [5.74, 6) is -0.0869. The SMILES string of the molecule is Cc1ccc(C)c(C(=O)c2cccc(Cl)c2N)c1. The van der Waals surface area contributed by atoms with Gasteiger partial charge in [0, 0.05) is 11.1 Å². The van der Waals surface area contributed by atoms with E-state index in [9.17, 15) is 4.79 Å². The van der Waals surface area contributed by atoms with Gasteiger partial charge in [-0.25, -0.2) is 0 Å². The van der Waals surface area contributed by atoms with Crippen molar-refractivity contribution in [3.05, 3.63) is 63.7 Å². The number of hydrogen-bond acceptors (Lipinski definition) is 2. The fourth-order valence-corrected chi connectivity index (χ4v) is 2.04. The summed E-state index contributed by atoms with van der Waals surface area (Å²) in [6.45, 7) is 3.87. The Morgan fingerprint density at radius 1 is 1.11 bits per heavy atom. The zero-order valence-corrected chi connectivity index (χ0v) is 11.1. The quantitative estimate of drug-likeness (QED) is 0.659. The summed E-state index contributed by atoms with van der Waals surface area (Å²) in [4.78, 5) is 12.5. The van der Waals surface area contributed by atoms with Crippen molar-refractivity contribution in [1.29, 1.82) is 0 Å². The number of para-hydroxylation sites is 1. The van der Waals surface area contributed by atoms with Crippen LogP contribution < -0.4 is 5.73 Å². The number of aryl methyl sites for hydroxylation is 2. The molecule has 2 aromatic rings. The highest BCUT2D eigenvalue weighted by molar-refractivity contribution is 6.34. The molecular weight excluding hydrogens is 246 g/mol. The summed E-state index contributed by atoms with van der Waals surface area (Å²) in [6.07, 6.45) is 0. The van der Waals surface area contributed by atoms with Gasteiger partial charge < -0.3 is 5.73 Å². The molecular formula is C15H14ClNO. The molecule has 2 N–H and O–H groups in total. The lowest BCUT2D eigenvalue weighted by atomic mass is 9.96. The third-order valence-electron chi connectivity index (χ3n) is 2.94. The van der Waals surface area contributed by atoms with Crippen LogP contribution in [0.1, 0.15) is 27.0 Å². The number of carbonyl (C=O) groups excluding carboxylic acids is 1. The zero-order chi connectivity index (χ0) is 13.3. The van der Waals surface area contributed by atoms with Crippen molar-refractivity contribution in [3.63, 3.8) is 0 Å². The second kappa shape index (κ2) is 4.83. The van der Waals surface area contributed by atoms with Crippen molar-refractivity contribution in [1.82, 2.24) is 0 Å². The van der Waals surface area contributed by atoms with Crippen molar-refractivity contribution in [2.45, 2.75) is 13.8 Å². The topological polar surface area (TPSA) is 43.1 Å². The summed E-state index contributed by atoms with van der Waals surface area (Å²) in [5.41, 5.74) is 9.30. The minimum absolute atomic E-state index is 0.0869. The Bertz CT molecular complexity index is 616. The average molecular weight is 260 g/mol. The summed E-state index contributed by atoms with van der Waals surface area (Å²) in [5, 5.41) is 0.408. The third-order valence-corrected chi connectivity index (χ3v) is 3.26.